The summed E-state index contributed by atoms with van der Waals surface area (Å²) in [6, 6.07) is 10.2. The summed E-state index contributed by atoms with van der Waals surface area (Å²) in [5.41, 5.74) is 1.24. The molecule has 1 saturated carbocycles. The monoisotopic (exact) mass is 372 g/mol. The molecule has 1 aromatic carbocycles. The third kappa shape index (κ3) is 5.91. The third-order valence-electron chi connectivity index (χ3n) is 6.05. The first kappa shape index (κ1) is 20.1. The smallest absolute Gasteiger partial charge is 0.306 e. The fourth-order valence-corrected chi connectivity index (χ4v) is 4.49. The number of benzene rings is 1. The molecule has 1 aliphatic heterocycles. The molecule has 2 N–H and O–H groups in total. The van der Waals surface area contributed by atoms with Gasteiger partial charge in [-0.25, -0.2) is 0 Å². The van der Waals surface area contributed by atoms with Crippen molar-refractivity contribution in [2.45, 2.75) is 76.1 Å². The van der Waals surface area contributed by atoms with Gasteiger partial charge in [-0.3, -0.25) is 4.79 Å². The SMILES string of the molecule is O=C1CCCC=CC[C@H]2[C@H](CC[C@@H](O)CCc3ccccc3)[C@@H](O)C[C@@H]2O1. The molecule has 0 spiro atoms. The predicted molar refractivity (Wildman–Crippen MR) is 105 cm³/mol. The maximum atomic E-state index is 12.0. The second-order valence-electron chi connectivity index (χ2n) is 8.01. The van der Waals surface area contributed by atoms with E-state index in [4.69, 9.17) is 4.74 Å². The lowest BCUT2D eigenvalue weighted by Crippen LogP contribution is -2.26. The molecule has 1 aromatic rings. The standard InChI is InChI=1S/C23H32O4/c24-18(13-12-17-8-4-3-5-9-17)14-15-19-20-10-6-1-2-7-11-23(26)27-22(20)16-21(19)25/h1,3-6,8-9,18-22,24-25H,2,7,10-16H2/t18-,19-,20-,21-,22-/m0/s1. The maximum absolute atomic E-state index is 12.0. The number of ether oxygens (including phenoxy) is 1. The number of carbonyl (C=O) groups is 1. The highest BCUT2D eigenvalue weighted by Gasteiger charge is 2.43. The van der Waals surface area contributed by atoms with Gasteiger partial charge in [-0.2, -0.15) is 0 Å². The molecule has 1 heterocycles. The Morgan fingerprint density at radius 3 is 2.78 bits per heavy atom. The number of carbonyl (C=O) groups excluding carboxylic acids is 1. The molecule has 27 heavy (non-hydrogen) atoms. The summed E-state index contributed by atoms with van der Waals surface area (Å²) < 4.78 is 5.67. The number of rotatable bonds is 6. The van der Waals surface area contributed by atoms with Crippen LogP contribution in [0.3, 0.4) is 0 Å². The van der Waals surface area contributed by atoms with Crippen molar-refractivity contribution in [1.82, 2.24) is 0 Å². The van der Waals surface area contributed by atoms with E-state index in [-0.39, 0.29) is 30.0 Å². The van der Waals surface area contributed by atoms with Crippen molar-refractivity contribution in [3.63, 3.8) is 0 Å². The number of fused-ring (bicyclic) bond motifs is 1. The van der Waals surface area contributed by atoms with Crippen molar-refractivity contribution in [3.05, 3.63) is 48.0 Å². The third-order valence-corrected chi connectivity index (χ3v) is 6.05. The summed E-state index contributed by atoms with van der Waals surface area (Å²) in [7, 11) is 0. The first-order chi connectivity index (χ1) is 13.1. The van der Waals surface area contributed by atoms with Crippen molar-refractivity contribution in [1.29, 1.82) is 0 Å². The van der Waals surface area contributed by atoms with Gasteiger partial charge < -0.3 is 14.9 Å². The number of esters is 1. The van der Waals surface area contributed by atoms with Gasteiger partial charge in [0.2, 0.25) is 0 Å². The van der Waals surface area contributed by atoms with Crippen LogP contribution in [0.25, 0.3) is 0 Å². The number of aryl methyl sites for hydroxylation is 1. The van der Waals surface area contributed by atoms with Crippen LogP contribution in [0.4, 0.5) is 0 Å². The molecule has 4 heteroatoms. The van der Waals surface area contributed by atoms with Gasteiger partial charge in [0.05, 0.1) is 12.2 Å². The average Bonchev–Trinajstić information content (AvgIpc) is 2.96. The lowest BCUT2D eigenvalue weighted by atomic mass is 9.85. The normalized spacial score (nSPS) is 29.8. The first-order valence-corrected chi connectivity index (χ1v) is 10.4. The van der Waals surface area contributed by atoms with Crippen LogP contribution in [-0.2, 0) is 16.0 Å². The van der Waals surface area contributed by atoms with Gasteiger partial charge >= 0.3 is 5.97 Å². The van der Waals surface area contributed by atoms with E-state index in [0.29, 0.717) is 19.3 Å². The zero-order valence-electron chi connectivity index (χ0n) is 16.0. The van der Waals surface area contributed by atoms with E-state index in [0.717, 1.165) is 38.5 Å². The molecular weight excluding hydrogens is 340 g/mol. The largest absolute Gasteiger partial charge is 0.462 e. The minimum atomic E-state index is -0.455. The molecule has 1 aliphatic carbocycles. The molecule has 2 aliphatic rings. The van der Waals surface area contributed by atoms with E-state index in [1.54, 1.807) is 0 Å². The van der Waals surface area contributed by atoms with E-state index in [1.165, 1.54) is 5.56 Å². The Morgan fingerprint density at radius 2 is 1.96 bits per heavy atom. The zero-order valence-corrected chi connectivity index (χ0v) is 16.0. The summed E-state index contributed by atoms with van der Waals surface area (Å²) in [4.78, 5) is 12.0. The number of aliphatic hydroxyl groups is 2. The summed E-state index contributed by atoms with van der Waals surface area (Å²) in [5, 5.41) is 21.0. The van der Waals surface area contributed by atoms with Crippen LogP contribution < -0.4 is 0 Å². The molecule has 148 valence electrons. The minimum Gasteiger partial charge on any atom is -0.462 e. The molecule has 1 fully saturated rings. The highest BCUT2D eigenvalue weighted by molar-refractivity contribution is 5.69. The van der Waals surface area contributed by atoms with E-state index >= 15 is 0 Å². The quantitative estimate of drug-likeness (QED) is 0.589. The number of hydrogen-bond donors (Lipinski definition) is 2. The number of allylic oxidation sites excluding steroid dienone is 2. The second-order valence-corrected chi connectivity index (χ2v) is 8.01. The molecule has 0 saturated heterocycles. The van der Waals surface area contributed by atoms with Crippen molar-refractivity contribution in [2.75, 3.05) is 0 Å². The molecule has 0 aromatic heterocycles. The molecule has 0 radical (unpaired) electrons. The fourth-order valence-electron chi connectivity index (χ4n) is 4.49. The summed E-state index contributed by atoms with van der Waals surface area (Å²) >= 11 is 0. The lowest BCUT2D eigenvalue weighted by molar-refractivity contribution is -0.151. The van der Waals surface area contributed by atoms with Gasteiger partial charge in [-0.15, -0.1) is 0 Å². The average molecular weight is 373 g/mol. The Hall–Kier alpha value is -1.65. The van der Waals surface area contributed by atoms with E-state index in [2.05, 4.69) is 24.3 Å². The van der Waals surface area contributed by atoms with Crippen molar-refractivity contribution >= 4 is 5.97 Å². The van der Waals surface area contributed by atoms with Gasteiger partial charge in [0.1, 0.15) is 6.10 Å². The Kier molecular flexibility index (Phi) is 7.48. The topological polar surface area (TPSA) is 66.8 Å². The van der Waals surface area contributed by atoms with Crippen LogP contribution in [0, 0.1) is 11.8 Å². The second kappa shape index (κ2) is 10.0. The van der Waals surface area contributed by atoms with Crippen LogP contribution in [0.15, 0.2) is 42.5 Å². The number of hydrogen-bond acceptors (Lipinski definition) is 4. The molecule has 5 atom stereocenters. The van der Waals surface area contributed by atoms with Gasteiger partial charge in [-0.05, 0) is 56.4 Å². The Bertz CT molecular complexity index is 612. The summed E-state index contributed by atoms with van der Waals surface area (Å²) in [6.07, 6.45) is 9.88. The first-order valence-electron chi connectivity index (χ1n) is 10.4. The van der Waals surface area contributed by atoms with Gasteiger partial charge in [0, 0.05) is 18.8 Å². The van der Waals surface area contributed by atoms with Crippen molar-refractivity contribution in [2.24, 2.45) is 11.8 Å². The summed E-state index contributed by atoms with van der Waals surface area (Å²) in [5.74, 6) is 0.0916. The Balaban J connectivity index is 1.53. The highest BCUT2D eigenvalue weighted by Crippen LogP contribution is 2.40. The van der Waals surface area contributed by atoms with E-state index in [1.807, 2.05) is 18.2 Å². The highest BCUT2D eigenvalue weighted by atomic mass is 16.5. The molecule has 3 rings (SSSR count). The van der Waals surface area contributed by atoms with E-state index < -0.39 is 6.10 Å². The predicted octanol–water partition coefficient (Wildman–Crippen LogP) is 3.80. The van der Waals surface area contributed by atoms with E-state index in [9.17, 15) is 15.0 Å². The molecule has 0 bridgehead atoms. The van der Waals surface area contributed by atoms with Crippen LogP contribution in [0.2, 0.25) is 0 Å². The lowest BCUT2D eigenvalue weighted by Gasteiger charge is -2.26. The van der Waals surface area contributed by atoms with Gasteiger partial charge in [-0.1, -0.05) is 42.5 Å². The summed E-state index contributed by atoms with van der Waals surface area (Å²) in [6.45, 7) is 0. The van der Waals surface area contributed by atoms with Gasteiger partial charge in [0.15, 0.2) is 0 Å². The molecule has 0 unspecified atom stereocenters. The van der Waals surface area contributed by atoms with Crippen molar-refractivity contribution < 1.29 is 19.7 Å². The van der Waals surface area contributed by atoms with Crippen LogP contribution in [-0.4, -0.2) is 34.5 Å². The maximum Gasteiger partial charge on any atom is 0.306 e. The molecule has 4 nitrogen and oxygen atoms in total. The Morgan fingerprint density at radius 1 is 1.15 bits per heavy atom. The van der Waals surface area contributed by atoms with Gasteiger partial charge in [0.25, 0.3) is 0 Å². The van der Waals surface area contributed by atoms with Crippen LogP contribution in [0.5, 0.6) is 0 Å². The van der Waals surface area contributed by atoms with Crippen LogP contribution in [0.1, 0.15) is 56.9 Å². The minimum absolute atomic E-state index is 0.0817. The molecular formula is C23H32O4. The number of aliphatic hydroxyl groups excluding tert-OH is 2. The Labute approximate surface area is 162 Å². The van der Waals surface area contributed by atoms with Crippen molar-refractivity contribution in [3.8, 4) is 0 Å². The fraction of sp³-hybridized carbons (Fsp3) is 0.609. The zero-order chi connectivity index (χ0) is 19.1. The molecule has 0 amide bonds. The van der Waals surface area contributed by atoms with Crippen LogP contribution >= 0.6 is 0 Å².